The molecule has 0 unspecified atom stereocenters. The first-order chi connectivity index (χ1) is 14.5. The molecule has 0 saturated carbocycles. The third kappa shape index (κ3) is 10.5. The van der Waals surface area contributed by atoms with Gasteiger partial charge in [-0.25, -0.2) is 0 Å². The standard InChI is InChI=1S/C26H48O4Si/c1-7-8-11-14-22(30-31(5,6)26(2,3)4)19-17-21-18-20-24(27)23(21)15-12-9-10-13-16-25(28)29/h9,12,18,22-24,27H,7-8,10-11,13-17,19-20H2,1-6H3,(H,28,29)/b12-9-/t22-,23-,24+/m1/s1. The number of carboxylic acids is 1. The van der Waals surface area contributed by atoms with Crippen LogP contribution >= 0.6 is 0 Å². The highest BCUT2D eigenvalue weighted by atomic mass is 28.4. The number of aliphatic hydroxyl groups is 1. The van der Waals surface area contributed by atoms with E-state index in [1.165, 1.54) is 24.8 Å². The zero-order valence-corrected chi connectivity index (χ0v) is 22.0. The minimum absolute atomic E-state index is 0.194. The fraction of sp³-hybridized carbons (Fsp3) is 0.808. The Morgan fingerprint density at radius 3 is 2.55 bits per heavy atom. The molecule has 0 heterocycles. The lowest BCUT2D eigenvalue weighted by molar-refractivity contribution is -0.137. The summed E-state index contributed by atoms with van der Waals surface area (Å²) in [5, 5.41) is 19.4. The summed E-state index contributed by atoms with van der Waals surface area (Å²) < 4.78 is 6.80. The normalized spacial score (nSPS) is 20.9. The molecule has 4 nitrogen and oxygen atoms in total. The number of allylic oxidation sites excluding steroid dienone is 2. The van der Waals surface area contributed by atoms with E-state index in [-0.39, 0.29) is 23.5 Å². The molecule has 180 valence electrons. The number of hydrogen-bond donors (Lipinski definition) is 2. The van der Waals surface area contributed by atoms with Gasteiger partial charge in [-0.3, -0.25) is 4.79 Å². The quantitative estimate of drug-likeness (QED) is 0.156. The van der Waals surface area contributed by atoms with Crippen molar-refractivity contribution >= 4 is 14.3 Å². The molecule has 0 aromatic rings. The summed E-state index contributed by atoms with van der Waals surface area (Å²) in [7, 11) is -1.80. The number of aliphatic carboxylic acids is 1. The Morgan fingerprint density at radius 1 is 1.23 bits per heavy atom. The Balaban J connectivity index is 2.63. The van der Waals surface area contributed by atoms with E-state index in [0.29, 0.717) is 12.5 Å². The Hall–Kier alpha value is -0.913. The molecule has 0 fully saturated rings. The van der Waals surface area contributed by atoms with Gasteiger partial charge < -0.3 is 14.6 Å². The molecule has 0 spiro atoms. The summed E-state index contributed by atoms with van der Waals surface area (Å²) in [5.41, 5.74) is 1.38. The zero-order chi connectivity index (χ0) is 23.5. The van der Waals surface area contributed by atoms with Crippen LogP contribution in [0.15, 0.2) is 23.8 Å². The topological polar surface area (TPSA) is 66.8 Å². The van der Waals surface area contributed by atoms with E-state index in [0.717, 1.165) is 38.5 Å². The molecule has 0 aromatic carbocycles. The molecule has 5 heteroatoms. The van der Waals surface area contributed by atoms with Gasteiger partial charge >= 0.3 is 5.97 Å². The molecule has 0 radical (unpaired) electrons. The average Bonchev–Trinajstić information content (AvgIpc) is 3.01. The highest BCUT2D eigenvalue weighted by Crippen LogP contribution is 2.39. The third-order valence-electron chi connectivity index (χ3n) is 7.03. The molecule has 0 bridgehead atoms. The Morgan fingerprint density at radius 2 is 1.94 bits per heavy atom. The van der Waals surface area contributed by atoms with Gasteiger partial charge in [0, 0.05) is 18.4 Å². The monoisotopic (exact) mass is 452 g/mol. The minimum Gasteiger partial charge on any atom is -0.481 e. The summed E-state index contributed by atoms with van der Waals surface area (Å²) in [6.45, 7) is 13.8. The predicted molar refractivity (Wildman–Crippen MR) is 133 cm³/mol. The lowest BCUT2D eigenvalue weighted by Gasteiger charge is -2.39. The van der Waals surface area contributed by atoms with Crippen molar-refractivity contribution in [2.45, 2.75) is 129 Å². The highest BCUT2D eigenvalue weighted by Gasteiger charge is 2.39. The molecule has 0 aliphatic heterocycles. The Labute approximate surface area is 192 Å². The second kappa shape index (κ2) is 13.6. The summed E-state index contributed by atoms with van der Waals surface area (Å²) in [5.74, 6) is -0.543. The molecule has 1 rings (SSSR count). The van der Waals surface area contributed by atoms with Crippen LogP contribution in [0.25, 0.3) is 0 Å². The van der Waals surface area contributed by atoms with Crippen molar-refractivity contribution < 1.29 is 19.4 Å². The van der Waals surface area contributed by atoms with Crippen LogP contribution in [0, 0.1) is 5.92 Å². The molecular weight excluding hydrogens is 404 g/mol. The molecule has 0 saturated heterocycles. The SMILES string of the molecule is CCCCC[C@H](CCC1=CC[C@H](O)[C@@H]1C/C=C\CCCC(=O)O)O[Si](C)(C)C(C)(C)C. The second-order valence-corrected chi connectivity index (χ2v) is 15.5. The van der Waals surface area contributed by atoms with Crippen molar-refractivity contribution in [2.75, 3.05) is 0 Å². The van der Waals surface area contributed by atoms with Crippen LogP contribution in [-0.2, 0) is 9.22 Å². The smallest absolute Gasteiger partial charge is 0.303 e. The minimum atomic E-state index is -1.80. The average molecular weight is 453 g/mol. The Kier molecular flexibility index (Phi) is 12.3. The molecule has 0 amide bonds. The van der Waals surface area contributed by atoms with Crippen LogP contribution in [0.5, 0.6) is 0 Å². The van der Waals surface area contributed by atoms with Crippen LogP contribution in [0.1, 0.15) is 98.3 Å². The first-order valence-electron chi connectivity index (χ1n) is 12.4. The molecule has 2 N–H and O–H groups in total. The molecule has 31 heavy (non-hydrogen) atoms. The van der Waals surface area contributed by atoms with E-state index in [1.807, 2.05) is 0 Å². The van der Waals surface area contributed by atoms with E-state index in [2.05, 4.69) is 59.0 Å². The lowest BCUT2D eigenvalue weighted by Crippen LogP contribution is -2.44. The number of hydrogen-bond acceptors (Lipinski definition) is 3. The largest absolute Gasteiger partial charge is 0.481 e. The predicted octanol–water partition coefficient (Wildman–Crippen LogP) is 7.25. The molecular formula is C26H48O4Si. The highest BCUT2D eigenvalue weighted by molar-refractivity contribution is 6.74. The number of rotatable bonds is 15. The van der Waals surface area contributed by atoms with E-state index in [1.54, 1.807) is 0 Å². The van der Waals surface area contributed by atoms with Gasteiger partial charge in [-0.05, 0) is 63.1 Å². The van der Waals surface area contributed by atoms with Gasteiger partial charge in [0.15, 0.2) is 8.32 Å². The van der Waals surface area contributed by atoms with E-state index < -0.39 is 14.3 Å². The van der Waals surface area contributed by atoms with E-state index in [9.17, 15) is 9.90 Å². The fourth-order valence-electron chi connectivity index (χ4n) is 3.97. The van der Waals surface area contributed by atoms with Crippen LogP contribution in [-0.4, -0.2) is 36.7 Å². The van der Waals surface area contributed by atoms with Crippen molar-refractivity contribution in [2.24, 2.45) is 5.92 Å². The Bertz CT molecular complexity index is 589. The lowest BCUT2D eigenvalue weighted by atomic mass is 9.91. The van der Waals surface area contributed by atoms with Crippen molar-refractivity contribution in [3.63, 3.8) is 0 Å². The molecule has 3 atom stereocenters. The molecule has 0 aromatic heterocycles. The van der Waals surface area contributed by atoms with Crippen molar-refractivity contribution in [1.82, 2.24) is 0 Å². The maximum absolute atomic E-state index is 10.6. The van der Waals surface area contributed by atoms with E-state index in [4.69, 9.17) is 9.53 Å². The summed E-state index contributed by atoms with van der Waals surface area (Å²) in [6.07, 6.45) is 16.6. The van der Waals surface area contributed by atoms with Crippen LogP contribution in [0.3, 0.4) is 0 Å². The summed E-state index contributed by atoms with van der Waals surface area (Å²) >= 11 is 0. The van der Waals surface area contributed by atoms with Gasteiger partial charge in [-0.1, -0.05) is 70.8 Å². The van der Waals surface area contributed by atoms with Gasteiger partial charge in [0.05, 0.1) is 6.10 Å². The van der Waals surface area contributed by atoms with Gasteiger partial charge in [-0.15, -0.1) is 0 Å². The number of unbranched alkanes of at least 4 members (excludes halogenated alkanes) is 3. The maximum atomic E-state index is 10.6. The van der Waals surface area contributed by atoms with Crippen LogP contribution in [0.4, 0.5) is 0 Å². The van der Waals surface area contributed by atoms with Crippen molar-refractivity contribution in [3.05, 3.63) is 23.8 Å². The van der Waals surface area contributed by atoms with Gasteiger partial charge in [0.1, 0.15) is 0 Å². The van der Waals surface area contributed by atoms with Crippen molar-refractivity contribution in [1.29, 1.82) is 0 Å². The molecule has 1 aliphatic carbocycles. The second-order valence-electron chi connectivity index (χ2n) is 10.7. The third-order valence-corrected chi connectivity index (χ3v) is 11.6. The zero-order valence-electron chi connectivity index (χ0n) is 21.0. The first kappa shape index (κ1) is 28.1. The van der Waals surface area contributed by atoms with E-state index >= 15 is 0 Å². The number of aliphatic hydroxyl groups excluding tert-OH is 1. The number of carbonyl (C=O) groups is 1. The summed E-state index contributed by atoms with van der Waals surface area (Å²) in [4.78, 5) is 10.6. The molecule has 1 aliphatic rings. The maximum Gasteiger partial charge on any atom is 0.303 e. The fourth-order valence-corrected chi connectivity index (χ4v) is 5.39. The van der Waals surface area contributed by atoms with Gasteiger partial charge in [-0.2, -0.15) is 0 Å². The summed E-state index contributed by atoms with van der Waals surface area (Å²) in [6, 6.07) is 0. The van der Waals surface area contributed by atoms with Gasteiger partial charge in [0.2, 0.25) is 0 Å². The number of carboxylic acid groups (broad SMARTS) is 1. The van der Waals surface area contributed by atoms with Crippen LogP contribution in [0.2, 0.25) is 18.1 Å². The van der Waals surface area contributed by atoms with Crippen molar-refractivity contribution in [3.8, 4) is 0 Å². The first-order valence-corrected chi connectivity index (χ1v) is 15.3. The van der Waals surface area contributed by atoms with Gasteiger partial charge in [0.25, 0.3) is 0 Å². The van der Waals surface area contributed by atoms with Crippen LogP contribution < -0.4 is 0 Å².